The Morgan fingerprint density at radius 3 is 2.37 bits per heavy atom. The fourth-order valence-electron chi connectivity index (χ4n) is 3.58. The van der Waals surface area contributed by atoms with Crippen LogP contribution >= 0.6 is 0 Å². The zero-order valence-corrected chi connectivity index (χ0v) is 17.3. The zero-order valence-electron chi connectivity index (χ0n) is 16.5. The molecule has 0 aromatic heterocycles. The predicted molar refractivity (Wildman–Crippen MR) is 114 cm³/mol. The molecule has 1 N–H and O–H groups in total. The highest BCUT2D eigenvalue weighted by Gasteiger charge is 2.30. The van der Waals surface area contributed by atoms with E-state index < -0.39 is 16.0 Å². The summed E-state index contributed by atoms with van der Waals surface area (Å²) < 4.78 is 20.1. The third-order valence-electron chi connectivity index (χ3n) is 5.21. The normalized spacial score (nSPS) is 19.8. The molecule has 1 heterocycles. The molecule has 0 fully saturated rings. The average molecular weight is 429 g/mol. The van der Waals surface area contributed by atoms with Gasteiger partial charge in [-0.05, 0) is 29.5 Å². The van der Waals surface area contributed by atoms with Gasteiger partial charge in [-0.15, -0.1) is 0 Å². The van der Waals surface area contributed by atoms with Gasteiger partial charge in [-0.25, -0.2) is 4.21 Å². The van der Waals surface area contributed by atoms with Gasteiger partial charge in [0.2, 0.25) is 0 Å². The molecule has 0 spiro atoms. The standard InChI is InChI=1S/C21H23N3O5S/c1-2-17-11-20(13-25)23(12-15-5-9-19(10-6-15)24(26)27)22-21(17)18-7-3-16(4-8-18)14-30(28)29/h3-10,13,17,20H,2,11-12,14H2,1H3,(H,28,29). The van der Waals surface area contributed by atoms with Gasteiger partial charge in [0.05, 0.1) is 22.9 Å². The maximum atomic E-state index is 11.7. The third-order valence-corrected chi connectivity index (χ3v) is 5.79. The molecule has 2 aromatic carbocycles. The van der Waals surface area contributed by atoms with E-state index in [4.69, 9.17) is 9.65 Å². The molecular weight excluding hydrogens is 406 g/mol. The van der Waals surface area contributed by atoms with E-state index in [2.05, 4.69) is 6.92 Å². The van der Waals surface area contributed by atoms with E-state index in [0.717, 1.165) is 35.1 Å². The van der Waals surface area contributed by atoms with Crippen LogP contribution in [-0.4, -0.2) is 36.7 Å². The van der Waals surface area contributed by atoms with Crippen molar-refractivity contribution in [1.29, 1.82) is 0 Å². The fourth-order valence-corrected chi connectivity index (χ4v) is 4.05. The number of rotatable bonds is 8. The van der Waals surface area contributed by atoms with E-state index in [9.17, 15) is 19.1 Å². The van der Waals surface area contributed by atoms with E-state index in [1.165, 1.54) is 12.1 Å². The Labute approximate surface area is 177 Å². The molecule has 3 unspecified atom stereocenters. The first-order chi connectivity index (χ1) is 14.4. The molecule has 0 radical (unpaired) electrons. The van der Waals surface area contributed by atoms with Crippen LogP contribution in [0.4, 0.5) is 5.69 Å². The number of carbonyl (C=O) groups excluding carboxylic acids is 1. The Bertz CT molecular complexity index is 960. The number of hydrazone groups is 1. The summed E-state index contributed by atoms with van der Waals surface area (Å²) in [5.41, 5.74) is 3.38. The van der Waals surface area contributed by atoms with Crippen molar-refractivity contribution >= 4 is 28.8 Å². The predicted octanol–water partition coefficient (Wildman–Crippen LogP) is 3.52. The molecule has 0 bridgehead atoms. The van der Waals surface area contributed by atoms with Gasteiger partial charge < -0.3 is 9.35 Å². The first kappa shape index (κ1) is 21.8. The van der Waals surface area contributed by atoms with Crippen LogP contribution in [0.2, 0.25) is 0 Å². The van der Waals surface area contributed by atoms with Crippen molar-refractivity contribution in [2.75, 3.05) is 0 Å². The summed E-state index contributed by atoms with van der Waals surface area (Å²) in [6.45, 7) is 2.42. The van der Waals surface area contributed by atoms with Crippen LogP contribution in [0.15, 0.2) is 53.6 Å². The third kappa shape index (κ3) is 5.17. The molecule has 3 atom stereocenters. The first-order valence-corrected chi connectivity index (χ1v) is 10.9. The number of carbonyl (C=O) groups is 1. The molecule has 0 amide bonds. The van der Waals surface area contributed by atoms with Crippen molar-refractivity contribution in [2.24, 2.45) is 11.0 Å². The highest BCUT2D eigenvalue weighted by molar-refractivity contribution is 7.78. The van der Waals surface area contributed by atoms with Crippen LogP contribution in [-0.2, 0) is 28.2 Å². The minimum Gasteiger partial charge on any atom is -0.306 e. The summed E-state index contributed by atoms with van der Waals surface area (Å²) in [5, 5.41) is 17.4. The van der Waals surface area contributed by atoms with Crippen LogP contribution in [0.3, 0.4) is 0 Å². The minimum atomic E-state index is -1.90. The van der Waals surface area contributed by atoms with Crippen molar-refractivity contribution in [2.45, 2.75) is 38.1 Å². The Kier molecular flexibility index (Phi) is 7.07. The number of nitrogens with zero attached hydrogens (tertiary/aromatic N) is 3. The summed E-state index contributed by atoms with van der Waals surface area (Å²) >= 11 is -1.90. The molecule has 2 aromatic rings. The molecule has 8 nitrogen and oxygen atoms in total. The van der Waals surface area contributed by atoms with Gasteiger partial charge >= 0.3 is 0 Å². The molecule has 1 aliphatic heterocycles. The van der Waals surface area contributed by atoms with Crippen molar-refractivity contribution in [3.63, 3.8) is 0 Å². The Morgan fingerprint density at radius 2 is 1.83 bits per heavy atom. The van der Waals surface area contributed by atoms with E-state index >= 15 is 0 Å². The summed E-state index contributed by atoms with van der Waals surface area (Å²) in [7, 11) is 0. The van der Waals surface area contributed by atoms with Gasteiger partial charge in [-0.1, -0.05) is 43.3 Å². The zero-order chi connectivity index (χ0) is 21.7. The van der Waals surface area contributed by atoms with Crippen molar-refractivity contribution in [3.8, 4) is 0 Å². The number of nitro groups is 1. The number of hydrogen-bond acceptors (Lipinski definition) is 6. The molecular formula is C21H23N3O5S. The maximum absolute atomic E-state index is 11.7. The number of non-ortho nitro benzene ring substituents is 1. The molecule has 0 aliphatic carbocycles. The molecule has 0 saturated carbocycles. The van der Waals surface area contributed by atoms with E-state index in [0.29, 0.717) is 13.0 Å². The van der Waals surface area contributed by atoms with Crippen molar-refractivity contribution in [3.05, 3.63) is 75.3 Å². The van der Waals surface area contributed by atoms with Gasteiger partial charge in [0, 0.05) is 18.1 Å². The molecule has 30 heavy (non-hydrogen) atoms. The largest absolute Gasteiger partial charge is 0.306 e. The average Bonchev–Trinajstić information content (AvgIpc) is 2.74. The second-order valence-electron chi connectivity index (χ2n) is 7.21. The lowest BCUT2D eigenvalue weighted by atomic mass is 9.87. The van der Waals surface area contributed by atoms with Crippen LogP contribution in [0.1, 0.15) is 36.5 Å². The van der Waals surface area contributed by atoms with Crippen LogP contribution in [0, 0.1) is 16.0 Å². The monoisotopic (exact) mass is 429 g/mol. The van der Waals surface area contributed by atoms with Crippen molar-refractivity contribution in [1.82, 2.24) is 5.01 Å². The number of nitro benzene ring substituents is 1. The second-order valence-corrected chi connectivity index (χ2v) is 8.15. The van der Waals surface area contributed by atoms with E-state index in [-0.39, 0.29) is 23.4 Å². The smallest absolute Gasteiger partial charge is 0.269 e. The van der Waals surface area contributed by atoms with Gasteiger partial charge in [0.1, 0.15) is 12.3 Å². The SMILES string of the molecule is CCC1CC(C=O)N(Cc2ccc([N+](=O)[O-])cc2)N=C1c1ccc(CS(=O)O)cc1. The highest BCUT2D eigenvalue weighted by atomic mass is 32.2. The minimum absolute atomic E-state index is 0.0171. The van der Waals surface area contributed by atoms with Gasteiger partial charge in [-0.3, -0.25) is 15.1 Å². The molecule has 1 aliphatic rings. The molecule has 3 rings (SSSR count). The fraction of sp³-hybridized carbons (Fsp3) is 0.333. The van der Waals surface area contributed by atoms with Crippen LogP contribution in [0.5, 0.6) is 0 Å². The summed E-state index contributed by atoms with van der Waals surface area (Å²) in [4.78, 5) is 22.1. The second kappa shape index (κ2) is 9.73. The first-order valence-electron chi connectivity index (χ1n) is 9.61. The maximum Gasteiger partial charge on any atom is 0.269 e. The molecule has 0 saturated heterocycles. The quantitative estimate of drug-likeness (QED) is 0.297. The summed E-state index contributed by atoms with van der Waals surface area (Å²) in [6, 6.07) is 13.2. The van der Waals surface area contributed by atoms with Gasteiger partial charge in [0.25, 0.3) is 5.69 Å². The van der Waals surface area contributed by atoms with Crippen molar-refractivity contribution < 1.29 is 18.5 Å². The van der Waals surface area contributed by atoms with Crippen LogP contribution in [0.25, 0.3) is 0 Å². The highest BCUT2D eigenvalue weighted by Crippen LogP contribution is 2.28. The Balaban J connectivity index is 1.88. The number of benzene rings is 2. The Hall–Kier alpha value is -2.91. The van der Waals surface area contributed by atoms with E-state index in [1.807, 2.05) is 24.3 Å². The van der Waals surface area contributed by atoms with Crippen LogP contribution < -0.4 is 0 Å². The number of hydrogen-bond donors (Lipinski definition) is 1. The lowest BCUT2D eigenvalue weighted by Gasteiger charge is -2.35. The van der Waals surface area contributed by atoms with Gasteiger partial charge in [0.15, 0.2) is 11.1 Å². The topological polar surface area (TPSA) is 113 Å². The lowest BCUT2D eigenvalue weighted by molar-refractivity contribution is -0.384. The van der Waals surface area contributed by atoms with E-state index in [1.54, 1.807) is 17.1 Å². The van der Waals surface area contributed by atoms with Gasteiger partial charge in [-0.2, -0.15) is 5.10 Å². The lowest BCUT2D eigenvalue weighted by Crippen LogP contribution is -2.41. The Morgan fingerprint density at radius 1 is 1.20 bits per heavy atom. The molecule has 158 valence electrons. The number of aldehydes is 1. The summed E-state index contributed by atoms with van der Waals surface area (Å²) in [6.07, 6.45) is 2.36. The summed E-state index contributed by atoms with van der Waals surface area (Å²) in [5.74, 6) is 0.190. The molecule has 9 heteroatoms.